The Balaban J connectivity index is 2.15. The molecule has 0 fully saturated rings. The number of thiocarbonyl (C=S) groups is 1. The van der Waals surface area contributed by atoms with Crippen LogP contribution in [-0.2, 0) is 17.8 Å². The molecule has 1 N–H and O–H groups in total. The third-order valence-electron chi connectivity index (χ3n) is 4.25. The molecule has 0 atom stereocenters. The molecule has 6 nitrogen and oxygen atoms in total. The minimum atomic E-state index is -0.352. The number of esters is 1. The van der Waals surface area contributed by atoms with Gasteiger partial charge >= 0.3 is 5.97 Å². The lowest BCUT2D eigenvalue weighted by atomic mass is 10.1. The molecule has 0 saturated heterocycles. The predicted molar refractivity (Wildman–Crippen MR) is 105 cm³/mol. The molecular weight excluding hydrogens is 356 g/mol. The molecule has 0 radical (unpaired) electrons. The van der Waals surface area contributed by atoms with E-state index < -0.39 is 0 Å². The summed E-state index contributed by atoms with van der Waals surface area (Å²) in [5, 5.41) is 8.83. The summed E-state index contributed by atoms with van der Waals surface area (Å²) in [6.07, 6.45) is 1.87. The van der Waals surface area contributed by atoms with Crippen LogP contribution in [0, 0.1) is 20.8 Å². The third-order valence-corrected chi connectivity index (χ3v) is 5.79. The Bertz CT molecular complexity index is 795. The van der Waals surface area contributed by atoms with Gasteiger partial charge in [-0.2, -0.15) is 5.10 Å². The summed E-state index contributed by atoms with van der Waals surface area (Å²) in [6, 6.07) is 0. The minimum Gasteiger partial charge on any atom is -0.465 e. The Morgan fingerprint density at radius 3 is 2.68 bits per heavy atom. The predicted octanol–water partition coefficient (Wildman–Crippen LogP) is 3.51. The second kappa shape index (κ2) is 7.97. The van der Waals surface area contributed by atoms with Crippen LogP contribution in [0.15, 0.2) is 6.20 Å². The van der Waals surface area contributed by atoms with E-state index in [1.54, 1.807) is 0 Å². The number of carbonyl (C=O) groups is 1. The molecule has 0 saturated carbocycles. The molecule has 0 unspecified atom stereocenters. The van der Waals surface area contributed by atoms with Crippen molar-refractivity contribution in [3.05, 3.63) is 33.5 Å². The molecule has 2 aromatic heterocycles. The molecule has 0 aromatic carbocycles. The van der Waals surface area contributed by atoms with Gasteiger partial charge in [0.05, 0.1) is 18.9 Å². The van der Waals surface area contributed by atoms with Crippen molar-refractivity contribution in [1.82, 2.24) is 14.7 Å². The van der Waals surface area contributed by atoms with Crippen LogP contribution in [0.4, 0.5) is 5.00 Å². The first-order chi connectivity index (χ1) is 11.8. The summed E-state index contributed by atoms with van der Waals surface area (Å²) in [7, 11) is 3.31. The highest BCUT2D eigenvalue weighted by molar-refractivity contribution is 7.80. The average Bonchev–Trinajstić information content (AvgIpc) is 3.07. The molecule has 0 bridgehead atoms. The van der Waals surface area contributed by atoms with Crippen LogP contribution in [-0.4, -0.2) is 39.9 Å². The lowest BCUT2D eigenvalue weighted by Crippen LogP contribution is -2.31. The zero-order chi connectivity index (χ0) is 18.7. The molecular formula is C17H24N4O2S2. The van der Waals surface area contributed by atoms with Gasteiger partial charge in [-0.15, -0.1) is 11.3 Å². The molecule has 0 spiro atoms. The van der Waals surface area contributed by atoms with Gasteiger partial charge in [0.2, 0.25) is 0 Å². The average molecular weight is 381 g/mol. The van der Waals surface area contributed by atoms with Crippen molar-refractivity contribution in [1.29, 1.82) is 0 Å². The standard InChI is InChI=1S/C17H24N4O2S2/c1-7-21-11(3)13(8-18-21)9-20(5)17(24)19-15-14(16(22)23-6)10(2)12(4)25-15/h8H,7,9H2,1-6H3,(H,19,24). The monoisotopic (exact) mass is 380 g/mol. The number of carbonyl (C=O) groups excluding carboxylic acids is 1. The number of aromatic nitrogens is 2. The van der Waals surface area contributed by atoms with Gasteiger partial charge in [0.1, 0.15) is 5.00 Å². The number of nitrogens with one attached hydrogen (secondary N) is 1. The maximum absolute atomic E-state index is 12.1. The SMILES string of the molecule is CCn1ncc(CN(C)C(=S)Nc2sc(C)c(C)c2C(=O)OC)c1C. The van der Waals surface area contributed by atoms with Gasteiger partial charge in [0.15, 0.2) is 5.11 Å². The lowest BCUT2D eigenvalue weighted by Gasteiger charge is -2.21. The van der Waals surface area contributed by atoms with E-state index in [0.29, 0.717) is 17.2 Å². The van der Waals surface area contributed by atoms with Gasteiger partial charge in [0, 0.05) is 36.3 Å². The van der Waals surface area contributed by atoms with E-state index in [2.05, 4.69) is 24.3 Å². The zero-order valence-electron chi connectivity index (χ0n) is 15.5. The molecule has 0 aliphatic carbocycles. The normalized spacial score (nSPS) is 10.6. The van der Waals surface area contributed by atoms with E-state index in [1.807, 2.05) is 36.7 Å². The Hall–Kier alpha value is -1.93. The summed E-state index contributed by atoms with van der Waals surface area (Å²) in [5.41, 5.74) is 3.73. The summed E-state index contributed by atoms with van der Waals surface area (Å²) in [6.45, 7) is 9.50. The zero-order valence-corrected chi connectivity index (χ0v) is 17.1. The first kappa shape index (κ1) is 19.4. The van der Waals surface area contributed by atoms with Gasteiger partial charge in [-0.05, 0) is 45.5 Å². The fourth-order valence-corrected chi connectivity index (χ4v) is 3.82. The van der Waals surface area contributed by atoms with E-state index in [1.165, 1.54) is 18.4 Å². The molecule has 136 valence electrons. The van der Waals surface area contributed by atoms with Crippen LogP contribution in [0.2, 0.25) is 0 Å². The first-order valence-corrected chi connectivity index (χ1v) is 9.24. The topological polar surface area (TPSA) is 59.4 Å². The van der Waals surface area contributed by atoms with Gasteiger partial charge < -0.3 is 15.0 Å². The van der Waals surface area contributed by atoms with Crippen molar-refractivity contribution in [2.75, 3.05) is 19.5 Å². The Morgan fingerprint density at radius 2 is 2.12 bits per heavy atom. The maximum atomic E-state index is 12.1. The molecule has 0 amide bonds. The number of methoxy groups -OCH3 is 1. The molecule has 2 rings (SSSR count). The number of hydrogen-bond acceptors (Lipinski definition) is 5. The fourth-order valence-electron chi connectivity index (χ4n) is 2.54. The number of hydrogen-bond donors (Lipinski definition) is 1. The van der Waals surface area contributed by atoms with Gasteiger partial charge in [-0.25, -0.2) is 4.79 Å². The maximum Gasteiger partial charge on any atom is 0.341 e. The van der Waals surface area contributed by atoms with Crippen LogP contribution in [0.1, 0.15) is 39.0 Å². The fraction of sp³-hybridized carbons (Fsp3) is 0.471. The largest absolute Gasteiger partial charge is 0.465 e. The number of thiophene rings is 1. The number of anilines is 1. The number of aryl methyl sites for hydroxylation is 2. The third kappa shape index (κ3) is 4.01. The van der Waals surface area contributed by atoms with Crippen molar-refractivity contribution in [3.8, 4) is 0 Å². The molecule has 25 heavy (non-hydrogen) atoms. The Labute approximate surface area is 157 Å². The Morgan fingerprint density at radius 1 is 1.44 bits per heavy atom. The van der Waals surface area contributed by atoms with Crippen LogP contribution < -0.4 is 5.32 Å². The Kier molecular flexibility index (Phi) is 6.18. The molecule has 0 aliphatic rings. The summed E-state index contributed by atoms with van der Waals surface area (Å²) in [5.74, 6) is -0.352. The number of ether oxygens (including phenoxy) is 1. The van der Waals surface area contributed by atoms with E-state index in [4.69, 9.17) is 17.0 Å². The van der Waals surface area contributed by atoms with E-state index in [9.17, 15) is 4.79 Å². The van der Waals surface area contributed by atoms with Crippen LogP contribution in [0.25, 0.3) is 0 Å². The highest BCUT2D eigenvalue weighted by atomic mass is 32.1. The van der Waals surface area contributed by atoms with Crippen molar-refractivity contribution < 1.29 is 9.53 Å². The van der Waals surface area contributed by atoms with Gasteiger partial charge in [-0.1, -0.05) is 0 Å². The highest BCUT2D eigenvalue weighted by Crippen LogP contribution is 2.33. The first-order valence-electron chi connectivity index (χ1n) is 8.01. The summed E-state index contributed by atoms with van der Waals surface area (Å²) in [4.78, 5) is 15.1. The van der Waals surface area contributed by atoms with Crippen molar-refractivity contribution in [3.63, 3.8) is 0 Å². The van der Waals surface area contributed by atoms with Gasteiger partial charge in [0.25, 0.3) is 0 Å². The van der Waals surface area contributed by atoms with E-state index >= 15 is 0 Å². The van der Waals surface area contributed by atoms with Crippen LogP contribution in [0.3, 0.4) is 0 Å². The van der Waals surface area contributed by atoms with E-state index in [-0.39, 0.29) is 5.97 Å². The molecule has 2 aromatic rings. The van der Waals surface area contributed by atoms with Crippen LogP contribution >= 0.6 is 23.6 Å². The minimum absolute atomic E-state index is 0.352. The van der Waals surface area contributed by atoms with E-state index in [0.717, 1.165) is 33.2 Å². The molecule has 2 heterocycles. The second-order valence-corrected chi connectivity index (χ2v) is 7.45. The lowest BCUT2D eigenvalue weighted by molar-refractivity contribution is 0.0601. The number of rotatable bonds is 5. The highest BCUT2D eigenvalue weighted by Gasteiger charge is 2.21. The summed E-state index contributed by atoms with van der Waals surface area (Å²) >= 11 is 7.02. The quantitative estimate of drug-likeness (QED) is 0.633. The molecule has 8 heteroatoms. The smallest absolute Gasteiger partial charge is 0.341 e. The van der Waals surface area contributed by atoms with Gasteiger partial charge in [-0.3, -0.25) is 4.68 Å². The summed E-state index contributed by atoms with van der Waals surface area (Å²) < 4.78 is 6.86. The van der Waals surface area contributed by atoms with Crippen molar-refractivity contribution in [2.24, 2.45) is 0 Å². The molecule has 0 aliphatic heterocycles. The van der Waals surface area contributed by atoms with Crippen molar-refractivity contribution in [2.45, 2.75) is 40.8 Å². The van der Waals surface area contributed by atoms with Crippen molar-refractivity contribution >= 4 is 39.6 Å². The number of nitrogens with zero attached hydrogens (tertiary/aromatic N) is 3. The van der Waals surface area contributed by atoms with Crippen LogP contribution in [0.5, 0.6) is 0 Å². The second-order valence-electron chi connectivity index (χ2n) is 5.84.